The van der Waals surface area contributed by atoms with Gasteiger partial charge in [-0.2, -0.15) is 0 Å². The Morgan fingerprint density at radius 2 is 2.20 bits per heavy atom. The number of anilines is 2. The highest BCUT2D eigenvalue weighted by Crippen LogP contribution is 2.34. The van der Waals surface area contributed by atoms with E-state index in [0.717, 1.165) is 6.42 Å². The molecule has 1 aliphatic rings. The third kappa shape index (κ3) is 3.16. The maximum Gasteiger partial charge on any atom is 0.246 e. The summed E-state index contributed by atoms with van der Waals surface area (Å²) in [7, 11) is -2.07. The molecule has 0 aromatic heterocycles. The maximum atomic E-state index is 11.8. The second-order valence-corrected chi connectivity index (χ2v) is 6.67. The fourth-order valence-corrected chi connectivity index (χ4v) is 2.78. The Hall–Kier alpha value is -1.47. The van der Waals surface area contributed by atoms with Crippen molar-refractivity contribution < 1.29 is 17.9 Å². The standard InChI is InChI=1S/C12H15ClN2O4S/c1-19-11-5-4-9(14-20(17,18)8-13)7-10(11)15-6-2-3-12(15)16/h4-5,7,14H,2-3,6,8H2,1H3. The Morgan fingerprint density at radius 1 is 1.45 bits per heavy atom. The number of hydrogen-bond acceptors (Lipinski definition) is 4. The van der Waals surface area contributed by atoms with Crippen molar-refractivity contribution in [3.05, 3.63) is 18.2 Å². The molecule has 1 aromatic rings. The number of sulfonamides is 1. The van der Waals surface area contributed by atoms with Gasteiger partial charge in [0.2, 0.25) is 15.9 Å². The largest absolute Gasteiger partial charge is 0.495 e. The van der Waals surface area contributed by atoms with E-state index >= 15 is 0 Å². The molecule has 1 fully saturated rings. The van der Waals surface area contributed by atoms with Crippen molar-refractivity contribution in [3.8, 4) is 5.75 Å². The van der Waals surface area contributed by atoms with Gasteiger partial charge in [0, 0.05) is 13.0 Å². The van der Waals surface area contributed by atoms with Crippen molar-refractivity contribution in [1.29, 1.82) is 0 Å². The number of methoxy groups -OCH3 is 1. The van der Waals surface area contributed by atoms with Crippen LogP contribution in [0.2, 0.25) is 0 Å². The van der Waals surface area contributed by atoms with Crippen molar-refractivity contribution in [2.45, 2.75) is 12.8 Å². The van der Waals surface area contributed by atoms with Crippen LogP contribution in [0.25, 0.3) is 0 Å². The van der Waals surface area contributed by atoms with Crippen molar-refractivity contribution >= 4 is 38.9 Å². The second-order valence-electron chi connectivity index (χ2n) is 4.36. The number of carbonyl (C=O) groups excluding carboxylic acids is 1. The maximum absolute atomic E-state index is 11.8. The van der Waals surface area contributed by atoms with E-state index in [4.69, 9.17) is 16.3 Å². The highest BCUT2D eigenvalue weighted by atomic mass is 35.5. The quantitative estimate of drug-likeness (QED) is 0.839. The molecule has 1 amide bonds. The fourth-order valence-electron chi connectivity index (χ4n) is 2.07. The van der Waals surface area contributed by atoms with Crippen molar-refractivity contribution in [2.75, 3.05) is 28.5 Å². The smallest absolute Gasteiger partial charge is 0.246 e. The molecular weight excluding hydrogens is 304 g/mol. The third-order valence-electron chi connectivity index (χ3n) is 2.96. The lowest BCUT2D eigenvalue weighted by Crippen LogP contribution is -2.24. The van der Waals surface area contributed by atoms with Gasteiger partial charge in [-0.25, -0.2) is 8.42 Å². The van der Waals surface area contributed by atoms with Gasteiger partial charge in [0.25, 0.3) is 0 Å². The average molecular weight is 319 g/mol. The minimum atomic E-state index is -3.57. The van der Waals surface area contributed by atoms with E-state index < -0.39 is 15.2 Å². The molecule has 1 N–H and O–H groups in total. The number of benzene rings is 1. The molecule has 0 unspecified atom stereocenters. The SMILES string of the molecule is COc1ccc(NS(=O)(=O)CCl)cc1N1CCCC1=O. The Bertz CT molecular complexity index is 618. The number of ether oxygens (including phenoxy) is 1. The molecule has 1 aromatic carbocycles. The Kier molecular flexibility index (Phi) is 4.39. The minimum absolute atomic E-state index is 0.000602. The molecule has 6 nitrogen and oxygen atoms in total. The van der Waals surface area contributed by atoms with Crippen molar-refractivity contribution in [2.24, 2.45) is 0 Å². The zero-order valence-corrected chi connectivity index (χ0v) is 12.5. The topological polar surface area (TPSA) is 75.7 Å². The van der Waals surface area contributed by atoms with Crippen LogP contribution in [0, 0.1) is 0 Å². The molecule has 0 spiro atoms. The first kappa shape index (κ1) is 14.9. The van der Waals surface area contributed by atoms with Crippen molar-refractivity contribution in [1.82, 2.24) is 0 Å². The van der Waals surface area contributed by atoms with E-state index in [9.17, 15) is 13.2 Å². The lowest BCUT2D eigenvalue weighted by atomic mass is 10.2. The number of hydrogen-bond donors (Lipinski definition) is 1. The number of nitrogens with zero attached hydrogens (tertiary/aromatic N) is 1. The fraction of sp³-hybridized carbons (Fsp3) is 0.417. The number of halogens is 1. The monoisotopic (exact) mass is 318 g/mol. The minimum Gasteiger partial charge on any atom is -0.495 e. The zero-order chi connectivity index (χ0) is 14.8. The average Bonchev–Trinajstić information content (AvgIpc) is 2.84. The summed E-state index contributed by atoms with van der Waals surface area (Å²) in [4.78, 5) is 13.4. The zero-order valence-electron chi connectivity index (χ0n) is 10.9. The van der Waals surface area contributed by atoms with E-state index in [1.807, 2.05) is 0 Å². The third-order valence-corrected chi connectivity index (χ3v) is 4.66. The number of carbonyl (C=O) groups is 1. The molecule has 1 saturated heterocycles. The van der Waals surface area contributed by atoms with Gasteiger partial charge in [0.05, 0.1) is 18.5 Å². The van der Waals surface area contributed by atoms with Crippen LogP contribution in [-0.4, -0.2) is 33.2 Å². The van der Waals surface area contributed by atoms with Gasteiger partial charge in [-0.1, -0.05) is 0 Å². The van der Waals surface area contributed by atoms with Gasteiger partial charge in [-0.15, -0.1) is 11.6 Å². The summed E-state index contributed by atoms with van der Waals surface area (Å²) in [5.74, 6) is 0.523. The summed E-state index contributed by atoms with van der Waals surface area (Å²) in [5, 5.41) is -0.531. The highest BCUT2D eigenvalue weighted by molar-refractivity contribution is 7.93. The molecule has 2 rings (SSSR count). The molecular formula is C12H15ClN2O4S. The summed E-state index contributed by atoms with van der Waals surface area (Å²) in [6, 6.07) is 4.76. The van der Waals surface area contributed by atoms with Gasteiger partial charge in [0.1, 0.15) is 11.0 Å². The number of rotatable bonds is 5. The van der Waals surface area contributed by atoms with Crippen LogP contribution in [0.3, 0.4) is 0 Å². The molecule has 0 bridgehead atoms. The van der Waals surface area contributed by atoms with Crippen LogP contribution in [-0.2, 0) is 14.8 Å². The number of alkyl halides is 1. The van der Waals surface area contributed by atoms with Crippen LogP contribution in [0.4, 0.5) is 11.4 Å². The van der Waals surface area contributed by atoms with E-state index in [2.05, 4.69) is 4.72 Å². The summed E-state index contributed by atoms with van der Waals surface area (Å²) in [6.07, 6.45) is 1.26. The van der Waals surface area contributed by atoms with Crippen LogP contribution >= 0.6 is 11.6 Å². The Morgan fingerprint density at radius 3 is 2.75 bits per heavy atom. The van der Waals surface area contributed by atoms with E-state index in [-0.39, 0.29) is 5.91 Å². The second kappa shape index (κ2) is 5.88. The van der Waals surface area contributed by atoms with Gasteiger partial charge in [-0.05, 0) is 24.6 Å². The van der Waals surface area contributed by atoms with E-state index in [1.165, 1.54) is 7.11 Å². The van der Waals surface area contributed by atoms with Gasteiger partial charge in [-0.3, -0.25) is 9.52 Å². The van der Waals surface area contributed by atoms with Gasteiger partial charge >= 0.3 is 0 Å². The first-order valence-corrected chi connectivity index (χ1v) is 8.20. The molecule has 0 saturated carbocycles. The predicted molar refractivity (Wildman–Crippen MR) is 77.8 cm³/mol. The number of amides is 1. The molecule has 1 aliphatic heterocycles. The molecule has 20 heavy (non-hydrogen) atoms. The summed E-state index contributed by atoms with van der Waals surface area (Å²) < 4.78 is 30.5. The normalized spacial score (nSPS) is 15.5. The lowest BCUT2D eigenvalue weighted by Gasteiger charge is -2.20. The first-order valence-electron chi connectivity index (χ1n) is 6.01. The Balaban J connectivity index is 2.36. The molecule has 0 radical (unpaired) electrons. The molecule has 8 heteroatoms. The van der Waals surface area contributed by atoms with Crippen molar-refractivity contribution in [3.63, 3.8) is 0 Å². The molecule has 0 atom stereocenters. The molecule has 110 valence electrons. The molecule has 1 heterocycles. The lowest BCUT2D eigenvalue weighted by molar-refractivity contribution is -0.117. The summed E-state index contributed by atoms with van der Waals surface area (Å²) in [6.45, 7) is 0.598. The van der Waals surface area contributed by atoms with Crippen LogP contribution in [0.15, 0.2) is 18.2 Å². The Labute approximate surface area is 122 Å². The van der Waals surface area contributed by atoms with Gasteiger partial charge in [0.15, 0.2) is 0 Å². The molecule has 0 aliphatic carbocycles. The van der Waals surface area contributed by atoms with Crippen LogP contribution < -0.4 is 14.4 Å². The van der Waals surface area contributed by atoms with Crippen LogP contribution in [0.5, 0.6) is 5.75 Å². The van der Waals surface area contributed by atoms with E-state index in [1.54, 1.807) is 23.1 Å². The predicted octanol–water partition coefficient (Wildman–Crippen LogP) is 1.76. The van der Waals surface area contributed by atoms with Gasteiger partial charge < -0.3 is 9.64 Å². The summed E-state index contributed by atoms with van der Waals surface area (Å²) >= 11 is 5.35. The number of nitrogens with one attached hydrogen (secondary N) is 1. The van der Waals surface area contributed by atoms with E-state index in [0.29, 0.717) is 30.1 Å². The summed E-state index contributed by atoms with van der Waals surface area (Å²) in [5.41, 5.74) is 0.908. The van der Waals surface area contributed by atoms with Crippen LogP contribution in [0.1, 0.15) is 12.8 Å². The first-order chi connectivity index (χ1) is 9.46. The highest BCUT2D eigenvalue weighted by Gasteiger charge is 2.25.